The highest BCUT2D eigenvalue weighted by atomic mass is 16.2. The smallest absolute Gasteiger partial charge is 0.0319 e. The summed E-state index contributed by atoms with van der Waals surface area (Å²) in [4.78, 5) is 0. The van der Waals surface area contributed by atoms with Crippen LogP contribution in [0, 0.1) is 0 Å². The molecule has 0 aromatic heterocycles. The van der Waals surface area contributed by atoms with Crippen LogP contribution in [0.25, 0.3) is 0 Å². The summed E-state index contributed by atoms with van der Waals surface area (Å²) in [6.45, 7) is 2.19. The molecule has 1 aliphatic rings. The average Bonchev–Trinajstić information content (AvgIpc) is 2.24. The van der Waals surface area contributed by atoms with Crippen molar-refractivity contribution >= 4 is 0 Å². The van der Waals surface area contributed by atoms with Gasteiger partial charge in [0.1, 0.15) is 0 Å². The lowest BCUT2D eigenvalue weighted by atomic mass is 10.4. The Morgan fingerprint density at radius 2 is 1.62 bits per heavy atom. The Morgan fingerprint density at radius 3 is 1.75 bits per heavy atom. The maximum absolute atomic E-state index is 7.00. The summed E-state index contributed by atoms with van der Waals surface area (Å²) < 4.78 is 0. The van der Waals surface area contributed by atoms with Crippen LogP contribution in [0.4, 0.5) is 0 Å². The van der Waals surface area contributed by atoms with Crippen molar-refractivity contribution in [2.24, 2.45) is 5.84 Å². The van der Waals surface area contributed by atoms with E-state index in [1.54, 1.807) is 0 Å². The van der Waals surface area contributed by atoms with Gasteiger partial charge in [0.2, 0.25) is 0 Å². The second-order valence-electron chi connectivity index (χ2n) is 1.74. The molecule has 0 radical (unpaired) electrons. The second kappa shape index (κ2) is 5.03. The number of rotatable bonds is 0. The standard InChI is InChI=1S/C4H10N2.CH4O/c5-6-3-1-2-4-6;1-2/h1-5H2;2H,1H3. The molecule has 3 heteroatoms. The summed E-state index contributed by atoms with van der Waals surface area (Å²) in [5, 5.41) is 8.86. The van der Waals surface area contributed by atoms with Crippen LogP contribution in [0.3, 0.4) is 0 Å². The molecule has 50 valence electrons. The number of hydrogen-bond acceptors (Lipinski definition) is 3. The van der Waals surface area contributed by atoms with E-state index in [-0.39, 0.29) is 0 Å². The van der Waals surface area contributed by atoms with Gasteiger partial charge in [-0.3, -0.25) is 5.84 Å². The van der Waals surface area contributed by atoms with Crippen LogP contribution >= 0.6 is 0 Å². The quantitative estimate of drug-likeness (QED) is 0.424. The molecule has 0 atom stereocenters. The van der Waals surface area contributed by atoms with Crippen LogP contribution in [0.15, 0.2) is 0 Å². The summed E-state index contributed by atoms with van der Waals surface area (Å²) in [6, 6.07) is 0. The molecular weight excluding hydrogens is 104 g/mol. The molecule has 0 aromatic rings. The molecular formula is C5H14N2O. The molecule has 3 N–H and O–H groups in total. The maximum atomic E-state index is 7.00. The Balaban J connectivity index is 0.000000222. The van der Waals surface area contributed by atoms with E-state index in [1.807, 2.05) is 5.01 Å². The molecule has 0 unspecified atom stereocenters. The van der Waals surface area contributed by atoms with Gasteiger partial charge in [-0.2, -0.15) is 0 Å². The van der Waals surface area contributed by atoms with Crippen molar-refractivity contribution in [1.29, 1.82) is 0 Å². The molecule has 1 saturated heterocycles. The van der Waals surface area contributed by atoms with E-state index in [0.717, 1.165) is 20.2 Å². The van der Waals surface area contributed by atoms with Crippen molar-refractivity contribution in [1.82, 2.24) is 5.01 Å². The first-order chi connectivity index (χ1) is 3.89. The van der Waals surface area contributed by atoms with E-state index in [1.165, 1.54) is 12.8 Å². The Hall–Kier alpha value is -0.120. The highest BCUT2D eigenvalue weighted by molar-refractivity contribution is 4.57. The minimum absolute atomic E-state index is 1.00. The number of hydrazine groups is 1. The Morgan fingerprint density at radius 1 is 1.25 bits per heavy atom. The van der Waals surface area contributed by atoms with Gasteiger partial charge in [0.25, 0.3) is 0 Å². The second-order valence-corrected chi connectivity index (χ2v) is 1.74. The van der Waals surface area contributed by atoms with E-state index in [9.17, 15) is 0 Å². The van der Waals surface area contributed by atoms with Gasteiger partial charge in [0.15, 0.2) is 0 Å². The van der Waals surface area contributed by atoms with Crippen LogP contribution in [0.5, 0.6) is 0 Å². The van der Waals surface area contributed by atoms with Crippen molar-refractivity contribution in [2.45, 2.75) is 12.8 Å². The summed E-state index contributed by atoms with van der Waals surface area (Å²) in [5.41, 5.74) is 0. The molecule has 0 spiro atoms. The largest absolute Gasteiger partial charge is 0.400 e. The molecule has 0 saturated carbocycles. The first kappa shape index (κ1) is 7.88. The normalized spacial score (nSPS) is 19.9. The fraction of sp³-hybridized carbons (Fsp3) is 1.00. The predicted octanol–water partition coefficient (Wildman–Crippen LogP) is -0.436. The van der Waals surface area contributed by atoms with E-state index < -0.39 is 0 Å². The van der Waals surface area contributed by atoms with Gasteiger partial charge in [-0.05, 0) is 12.8 Å². The van der Waals surface area contributed by atoms with Gasteiger partial charge in [0, 0.05) is 20.2 Å². The zero-order valence-corrected chi connectivity index (χ0v) is 5.30. The van der Waals surface area contributed by atoms with Crippen LogP contribution in [-0.2, 0) is 0 Å². The lowest BCUT2D eigenvalue weighted by Crippen LogP contribution is -2.26. The van der Waals surface area contributed by atoms with Crippen LogP contribution in [0.1, 0.15) is 12.8 Å². The molecule has 0 bridgehead atoms. The van der Waals surface area contributed by atoms with Crippen LogP contribution < -0.4 is 5.84 Å². The summed E-state index contributed by atoms with van der Waals surface area (Å²) >= 11 is 0. The number of nitrogens with zero attached hydrogens (tertiary/aromatic N) is 1. The average molecular weight is 118 g/mol. The van der Waals surface area contributed by atoms with E-state index in [0.29, 0.717) is 0 Å². The molecule has 8 heavy (non-hydrogen) atoms. The van der Waals surface area contributed by atoms with Gasteiger partial charge < -0.3 is 5.11 Å². The molecule has 1 fully saturated rings. The van der Waals surface area contributed by atoms with E-state index >= 15 is 0 Å². The zero-order valence-electron chi connectivity index (χ0n) is 5.30. The summed E-state index contributed by atoms with van der Waals surface area (Å²) in [6.07, 6.45) is 2.58. The van der Waals surface area contributed by atoms with Gasteiger partial charge >= 0.3 is 0 Å². The summed E-state index contributed by atoms with van der Waals surface area (Å²) in [7, 11) is 1.00. The molecule has 0 aromatic carbocycles. The number of aliphatic hydroxyl groups excluding tert-OH is 1. The highest BCUT2D eigenvalue weighted by Crippen LogP contribution is 1.99. The molecule has 1 rings (SSSR count). The Kier molecular flexibility index (Phi) is 4.95. The van der Waals surface area contributed by atoms with E-state index in [2.05, 4.69) is 0 Å². The van der Waals surface area contributed by atoms with Crippen molar-refractivity contribution in [2.75, 3.05) is 20.2 Å². The SMILES string of the molecule is CO.NN1CCCC1. The van der Waals surface area contributed by atoms with Gasteiger partial charge in [-0.25, -0.2) is 5.01 Å². The zero-order chi connectivity index (χ0) is 6.41. The molecule has 0 amide bonds. The highest BCUT2D eigenvalue weighted by Gasteiger charge is 2.03. The van der Waals surface area contributed by atoms with Crippen molar-refractivity contribution < 1.29 is 5.11 Å². The fourth-order valence-corrected chi connectivity index (χ4v) is 0.742. The maximum Gasteiger partial charge on any atom is 0.0319 e. The van der Waals surface area contributed by atoms with E-state index in [4.69, 9.17) is 10.9 Å². The number of aliphatic hydroxyl groups is 1. The number of hydrogen-bond donors (Lipinski definition) is 2. The lowest BCUT2D eigenvalue weighted by Gasteiger charge is -2.01. The lowest BCUT2D eigenvalue weighted by molar-refractivity contribution is 0.355. The topological polar surface area (TPSA) is 49.5 Å². The van der Waals surface area contributed by atoms with Crippen molar-refractivity contribution in [3.63, 3.8) is 0 Å². The predicted molar refractivity (Wildman–Crippen MR) is 33.1 cm³/mol. The molecule has 0 aliphatic carbocycles. The van der Waals surface area contributed by atoms with Gasteiger partial charge in [-0.15, -0.1) is 0 Å². The van der Waals surface area contributed by atoms with Crippen LogP contribution in [0.2, 0.25) is 0 Å². The molecule has 3 nitrogen and oxygen atoms in total. The van der Waals surface area contributed by atoms with Crippen molar-refractivity contribution in [3.8, 4) is 0 Å². The third-order valence-corrected chi connectivity index (χ3v) is 1.14. The third kappa shape index (κ3) is 2.96. The number of nitrogens with two attached hydrogens (primary N) is 1. The van der Waals surface area contributed by atoms with Gasteiger partial charge in [-0.1, -0.05) is 0 Å². The first-order valence-corrected chi connectivity index (χ1v) is 2.84. The minimum atomic E-state index is 1.00. The van der Waals surface area contributed by atoms with Crippen molar-refractivity contribution in [3.05, 3.63) is 0 Å². The summed E-state index contributed by atoms with van der Waals surface area (Å²) in [5.74, 6) is 5.37. The minimum Gasteiger partial charge on any atom is -0.400 e. The Labute approximate surface area is 50.1 Å². The monoisotopic (exact) mass is 118 g/mol. The molecule has 1 heterocycles. The van der Waals surface area contributed by atoms with Crippen LogP contribution in [-0.4, -0.2) is 30.3 Å². The Bertz CT molecular complexity index is 43.7. The first-order valence-electron chi connectivity index (χ1n) is 2.84. The fourth-order valence-electron chi connectivity index (χ4n) is 0.742. The third-order valence-electron chi connectivity index (χ3n) is 1.14. The van der Waals surface area contributed by atoms with Gasteiger partial charge in [0.05, 0.1) is 0 Å². The molecule has 1 aliphatic heterocycles.